The molecule has 1 spiro atoms. The van der Waals surface area contributed by atoms with E-state index < -0.39 is 31.4 Å². The van der Waals surface area contributed by atoms with Crippen molar-refractivity contribution in [3.63, 3.8) is 0 Å². The molecule has 0 bridgehead atoms. The zero-order chi connectivity index (χ0) is 45.8. The number of H-pyrrole nitrogens is 1. The van der Waals surface area contributed by atoms with Crippen molar-refractivity contribution in [2.24, 2.45) is 16.7 Å². The van der Waals surface area contributed by atoms with E-state index >= 15 is 0 Å². The summed E-state index contributed by atoms with van der Waals surface area (Å²) in [4.78, 5) is 41.8. The lowest BCUT2D eigenvalue weighted by Gasteiger charge is -2.59. The number of carbonyl (C=O) groups is 1. The van der Waals surface area contributed by atoms with Gasteiger partial charge in [-0.1, -0.05) is 38.1 Å². The summed E-state index contributed by atoms with van der Waals surface area (Å²) in [5.41, 5.74) is 4.48. The van der Waals surface area contributed by atoms with Crippen molar-refractivity contribution in [2.45, 2.75) is 114 Å². The number of anilines is 2. The van der Waals surface area contributed by atoms with Gasteiger partial charge in [-0.15, -0.1) is 0 Å². The highest BCUT2D eigenvalue weighted by Gasteiger charge is 2.51. The van der Waals surface area contributed by atoms with E-state index in [1.807, 2.05) is 12.1 Å². The zero-order valence-corrected chi connectivity index (χ0v) is 38.8. The number of aromatic amines is 1. The highest BCUT2D eigenvalue weighted by atomic mass is 32.2. The Balaban J connectivity index is 0.840. The molecule has 348 valence electrons. The Morgan fingerprint density at radius 2 is 1.71 bits per heavy atom. The number of amides is 1. The average Bonchev–Trinajstić information content (AvgIpc) is 4.04. The van der Waals surface area contributed by atoms with Gasteiger partial charge >= 0.3 is 5.69 Å². The fourth-order valence-corrected chi connectivity index (χ4v) is 12.1. The minimum atomic E-state index is -4.61. The highest BCUT2D eigenvalue weighted by Crippen LogP contribution is 2.54. The molecule has 1 unspecified atom stereocenters. The number of carbonyl (C=O) groups excluding carboxylic acids is 1. The number of ether oxygens (including phenoxy) is 2. The molecule has 5 aromatic rings. The molecule has 5 heterocycles. The Morgan fingerprint density at radius 1 is 0.955 bits per heavy atom. The van der Waals surface area contributed by atoms with E-state index in [1.165, 1.54) is 24.0 Å². The number of nitrogens with zero attached hydrogens (tertiary/aromatic N) is 5. The first-order valence-electron chi connectivity index (χ1n) is 23.6. The number of benzene rings is 2. The second kappa shape index (κ2) is 17.6. The fraction of sp³-hybridized carbons (Fsp3) is 0.500. The average molecular weight is 917 g/mol. The van der Waals surface area contributed by atoms with Gasteiger partial charge in [0, 0.05) is 61.1 Å². The van der Waals surface area contributed by atoms with Crippen molar-refractivity contribution < 1.29 is 27.6 Å². The third-order valence-corrected chi connectivity index (χ3v) is 16.5. The molecule has 15 nitrogen and oxygen atoms in total. The summed E-state index contributed by atoms with van der Waals surface area (Å²) in [6.07, 6.45) is 15.4. The molecule has 3 N–H and O–H groups in total. The van der Waals surface area contributed by atoms with Crippen LogP contribution in [-0.2, 0) is 14.8 Å². The second-order valence-electron chi connectivity index (χ2n) is 20.4. The van der Waals surface area contributed by atoms with E-state index in [4.69, 9.17) is 9.47 Å². The van der Waals surface area contributed by atoms with Gasteiger partial charge in [0.1, 0.15) is 22.0 Å². The predicted octanol–water partition coefficient (Wildman–Crippen LogP) is 9.49. The van der Waals surface area contributed by atoms with Crippen LogP contribution in [0.15, 0.2) is 84.1 Å². The number of fused-ring (bicyclic) bond motifs is 1. The molecule has 3 aromatic heterocycles. The number of piperidine rings is 1. The van der Waals surface area contributed by atoms with Crippen LogP contribution in [-0.4, -0.2) is 84.0 Å². The molecule has 2 aliphatic heterocycles. The molecule has 16 heteroatoms. The SMILES string of the molecule is CC1COC[C@H](c2ccccc2C2CC2)N1C1CC2(CCN(c3ccc(C(=O)NS(=O)(=O)c4cnc(NCC5CCC(C)(C)CC5)c([N+](=O)[O-])c4)c(Oc4cnc5[nH]ccc5c4)c3)CC2)C1. The van der Waals surface area contributed by atoms with Crippen LogP contribution in [0.5, 0.6) is 11.5 Å². The second-order valence-corrected chi connectivity index (χ2v) is 22.1. The number of rotatable bonds is 13. The molecule has 5 fully saturated rings. The van der Waals surface area contributed by atoms with E-state index in [0.29, 0.717) is 41.9 Å². The number of nitro groups is 1. The van der Waals surface area contributed by atoms with Crippen molar-refractivity contribution >= 4 is 44.2 Å². The van der Waals surface area contributed by atoms with Crippen LogP contribution in [0.25, 0.3) is 11.0 Å². The van der Waals surface area contributed by atoms with Crippen LogP contribution in [0.1, 0.15) is 118 Å². The smallest absolute Gasteiger partial charge is 0.312 e. The normalized spacial score (nSPS) is 22.5. The van der Waals surface area contributed by atoms with Crippen molar-refractivity contribution in [3.05, 3.63) is 106 Å². The van der Waals surface area contributed by atoms with Crippen LogP contribution in [0.3, 0.4) is 0 Å². The maximum Gasteiger partial charge on any atom is 0.312 e. The fourth-order valence-electron chi connectivity index (χ4n) is 11.2. The Morgan fingerprint density at radius 3 is 2.45 bits per heavy atom. The molecule has 2 atom stereocenters. The van der Waals surface area contributed by atoms with Gasteiger partial charge in [-0.25, -0.2) is 23.1 Å². The Labute approximate surface area is 386 Å². The maximum absolute atomic E-state index is 14.0. The number of hydrogen-bond acceptors (Lipinski definition) is 12. The summed E-state index contributed by atoms with van der Waals surface area (Å²) in [6.45, 7) is 10.4. The molecule has 2 aromatic carbocycles. The third kappa shape index (κ3) is 9.11. The zero-order valence-electron chi connectivity index (χ0n) is 38.0. The van der Waals surface area contributed by atoms with Gasteiger partial charge in [-0.3, -0.25) is 19.8 Å². The number of morpholine rings is 1. The lowest BCUT2D eigenvalue weighted by atomic mass is 9.59. The van der Waals surface area contributed by atoms with E-state index in [0.717, 1.165) is 101 Å². The molecule has 3 aliphatic carbocycles. The quantitative estimate of drug-likeness (QED) is 0.0752. The molecule has 1 amide bonds. The first-order valence-corrected chi connectivity index (χ1v) is 25.1. The van der Waals surface area contributed by atoms with Crippen molar-refractivity contribution in [3.8, 4) is 11.5 Å². The first-order chi connectivity index (χ1) is 31.7. The molecule has 10 rings (SSSR count). The van der Waals surface area contributed by atoms with Gasteiger partial charge in [-0.2, -0.15) is 0 Å². The minimum absolute atomic E-state index is 0.0132. The van der Waals surface area contributed by atoms with E-state index in [2.05, 4.69) is 79.8 Å². The van der Waals surface area contributed by atoms with Gasteiger partial charge in [0.2, 0.25) is 5.82 Å². The predicted molar refractivity (Wildman–Crippen MR) is 253 cm³/mol. The van der Waals surface area contributed by atoms with Crippen LogP contribution in [0.4, 0.5) is 17.2 Å². The van der Waals surface area contributed by atoms with E-state index in [9.17, 15) is 23.3 Å². The van der Waals surface area contributed by atoms with Crippen molar-refractivity contribution in [1.29, 1.82) is 0 Å². The summed E-state index contributed by atoms with van der Waals surface area (Å²) >= 11 is 0. The van der Waals surface area contributed by atoms with Crippen LogP contribution >= 0.6 is 0 Å². The topological polar surface area (TPSA) is 185 Å². The van der Waals surface area contributed by atoms with Gasteiger partial charge in [-0.05, 0) is 129 Å². The van der Waals surface area contributed by atoms with Gasteiger partial charge in [0.05, 0.1) is 42.1 Å². The summed E-state index contributed by atoms with van der Waals surface area (Å²) < 4.78 is 42.2. The molecular weight excluding hydrogens is 857 g/mol. The van der Waals surface area contributed by atoms with Crippen LogP contribution in [0, 0.1) is 26.9 Å². The van der Waals surface area contributed by atoms with Crippen molar-refractivity contribution in [1.82, 2.24) is 24.6 Å². The number of hydrogen-bond donors (Lipinski definition) is 3. The Hall–Kier alpha value is -5.58. The third-order valence-electron chi connectivity index (χ3n) is 15.2. The monoisotopic (exact) mass is 916 g/mol. The number of sulfonamides is 1. The minimum Gasteiger partial charge on any atom is -0.455 e. The standard InChI is InChI=1S/C50H60N8O7S/c1-32-30-64-31-44(41-7-5-4-6-40(41)34-8-9-34)57(32)37-25-50(26-37)17-20-56(21-18-50)36-10-11-42(45(23-36)65-38-22-35-14-19-51-46(35)53-28-38)48(59)55-66(62,63)39-24-43(58(60)61)47(54-29-39)52-27-33-12-15-49(2,3)16-13-33/h4-7,10-11,14,19,22-24,28-29,32-34,37,44H,8-9,12-13,15-18,20-21,25-27,30-31H2,1-3H3,(H,51,53)(H,52,54)(H,55,59)/t32?,44-/m1/s1. The van der Waals surface area contributed by atoms with Crippen LogP contribution < -0.4 is 19.7 Å². The highest BCUT2D eigenvalue weighted by molar-refractivity contribution is 7.90. The van der Waals surface area contributed by atoms with Gasteiger partial charge in [0.15, 0.2) is 0 Å². The van der Waals surface area contributed by atoms with Gasteiger partial charge < -0.3 is 24.7 Å². The van der Waals surface area contributed by atoms with Crippen molar-refractivity contribution in [2.75, 3.05) is 43.1 Å². The van der Waals surface area contributed by atoms with Gasteiger partial charge in [0.25, 0.3) is 15.9 Å². The maximum atomic E-state index is 14.0. The molecule has 66 heavy (non-hydrogen) atoms. The van der Waals surface area contributed by atoms with E-state index in [1.54, 1.807) is 30.6 Å². The molecule has 5 aliphatic rings. The Bertz CT molecular complexity index is 2730. The summed E-state index contributed by atoms with van der Waals surface area (Å²) in [5.74, 6) is 0.550. The number of nitrogens with one attached hydrogen (secondary N) is 3. The summed E-state index contributed by atoms with van der Waals surface area (Å²) in [6, 6.07) is 19.9. The van der Waals surface area contributed by atoms with E-state index in [-0.39, 0.29) is 34.0 Å². The molecular formula is C50H60N8O7S. The summed E-state index contributed by atoms with van der Waals surface area (Å²) in [7, 11) is -4.61. The lowest BCUT2D eigenvalue weighted by Crippen LogP contribution is -2.60. The largest absolute Gasteiger partial charge is 0.455 e. The Kier molecular flexibility index (Phi) is 11.8. The summed E-state index contributed by atoms with van der Waals surface area (Å²) in [5, 5.41) is 16.1. The van der Waals surface area contributed by atoms with Crippen LogP contribution in [0.2, 0.25) is 0 Å². The molecule has 3 saturated carbocycles. The lowest BCUT2D eigenvalue weighted by molar-refractivity contribution is -0.384. The molecule has 2 saturated heterocycles. The first kappa shape index (κ1) is 44.3. The number of aromatic nitrogens is 3. The number of pyridine rings is 2. The molecule has 0 radical (unpaired) electrons.